The van der Waals surface area contributed by atoms with Crippen LogP contribution in [0.4, 0.5) is 5.82 Å². The lowest BCUT2D eigenvalue weighted by molar-refractivity contribution is 0.318. The van der Waals surface area contributed by atoms with E-state index < -0.39 is 0 Å². The molecule has 92 valence electrons. The molecular weight excluding hydrogens is 218 g/mol. The van der Waals surface area contributed by atoms with Gasteiger partial charge in [0.1, 0.15) is 11.5 Å². The summed E-state index contributed by atoms with van der Waals surface area (Å²) in [5, 5.41) is 11.4. The number of nitrogens with two attached hydrogens (primary N) is 1. The van der Waals surface area contributed by atoms with Gasteiger partial charge in [-0.3, -0.25) is 0 Å². The highest BCUT2D eigenvalue weighted by Crippen LogP contribution is 2.23. The topological polar surface area (TPSA) is 87.6 Å². The summed E-state index contributed by atoms with van der Waals surface area (Å²) in [5.41, 5.74) is 5.82. The van der Waals surface area contributed by atoms with Gasteiger partial charge in [0.2, 0.25) is 0 Å². The third-order valence-corrected chi connectivity index (χ3v) is 3.20. The van der Waals surface area contributed by atoms with Crippen molar-refractivity contribution in [3.63, 3.8) is 0 Å². The fourth-order valence-corrected chi connectivity index (χ4v) is 2.04. The van der Waals surface area contributed by atoms with Gasteiger partial charge in [-0.2, -0.15) is 0 Å². The summed E-state index contributed by atoms with van der Waals surface area (Å²) < 4.78 is 0. The van der Waals surface area contributed by atoms with Crippen LogP contribution < -0.4 is 10.6 Å². The Bertz CT molecular complexity index is 403. The highest BCUT2D eigenvalue weighted by Gasteiger charge is 2.22. The monoisotopic (exact) mass is 235 g/mol. The molecule has 1 aliphatic rings. The molecule has 0 aliphatic carbocycles. The molecule has 17 heavy (non-hydrogen) atoms. The van der Waals surface area contributed by atoms with Crippen LogP contribution in [0.15, 0.2) is 17.5 Å². The SMILES string of the molecule is CCC1CCN(c2cnc(C(N)=NO)cn2)C1. The summed E-state index contributed by atoms with van der Waals surface area (Å²) in [6, 6.07) is 0. The second kappa shape index (κ2) is 4.99. The minimum absolute atomic E-state index is 0.0168. The van der Waals surface area contributed by atoms with E-state index in [4.69, 9.17) is 10.9 Å². The molecule has 0 bridgehead atoms. The van der Waals surface area contributed by atoms with Crippen molar-refractivity contribution < 1.29 is 5.21 Å². The molecule has 1 aromatic heterocycles. The van der Waals surface area contributed by atoms with Gasteiger partial charge in [0.15, 0.2) is 5.84 Å². The molecule has 6 nitrogen and oxygen atoms in total. The van der Waals surface area contributed by atoms with Crippen LogP contribution in [0.1, 0.15) is 25.5 Å². The summed E-state index contributed by atoms with van der Waals surface area (Å²) in [6.07, 6.45) is 5.61. The van der Waals surface area contributed by atoms with Crippen molar-refractivity contribution in [2.45, 2.75) is 19.8 Å². The van der Waals surface area contributed by atoms with Gasteiger partial charge in [-0.05, 0) is 12.3 Å². The Morgan fingerprint density at radius 1 is 1.59 bits per heavy atom. The molecule has 0 saturated carbocycles. The summed E-state index contributed by atoms with van der Waals surface area (Å²) in [5.74, 6) is 1.59. The van der Waals surface area contributed by atoms with Gasteiger partial charge in [0.05, 0.1) is 12.4 Å². The van der Waals surface area contributed by atoms with Crippen molar-refractivity contribution in [2.24, 2.45) is 16.8 Å². The number of hydrogen-bond donors (Lipinski definition) is 2. The van der Waals surface area contributed by atoms with E-state index in [1.165, 1.54) is 19.0 Å². The van der Waals surface area contributed by atoms with Gasteiger partial charge in [-0.15, -0.1) is 0 Å². The Balaban J connectivity index is 2.08. The van der Waals surface area contributed by atoms with Gasteiger partial charge < -0.3 is 15.8 Å². The van der Waals surface area contributed by atoms with E-state index in [2.05, 4.69) is 26.9 Å². The fourth-order valence-electron chi connectivity index (χ4n) is 2.04. The third kappa shape index (κ3) is 2.46. The molecule has 0 aromatic carbocycles. The number of nitrogens with zero attached hydrogens (tertiary/aromatic N) is 4. The van der Waals surface area contributed by atoms with E-state index in [1.807, 2.05) is 0 Å². The molecule has 1 atom stereocenters. The zero-order chi connectivity index (χ0) is 12.3. The number of anilines is 1. The molecule has 1 aromatic rings. The number of aromatic nitrogens is 2. The number of hydrogen-bond acceptors (Lipinski definition) is 5. The highest BCUT2D eigenvalue weighted by molar-refractivity contribution is 5.94. The minimum atomic E-state index is -0.0168. The second-order valence-electron chi connectivity index (χ2n) is 4.25. The van der Waals surface area contributed by atoms with E-state index in [0.29, 0.717) is 5.69 Å². The third-order valence-electron chi connectivity index (χ3n) is 3.20. The Kier molecular flexibility index (Phi) is 3.41. The Morgan fingerprint density at radius 3 is 2.94 bits per heavy atom. The van der Waals surface area contributed by atoms with Crippen LogP contribution in [0.5, 0.6) is 0 Å². The van der Waals surface area contributed by atoms with Gasteiger partial charge >= 0.3 is 0 Å². The lowest BCUT2D eigenvalue weighted by atomic mass is 10.1. The lowest BCUT2D eigenvalue weighted by Crippen LogP contribution is -2.22. The molecule has 2 rings (SSSR count). The van der Waals surface area contributed by atoms with E-state index in [9.17, 15) is 0 Å². The summed E-state index contributed by atoms with van der Waals surface area (Å²) in [7, 11) is 0. The molecule has 6 heteroatoms. The van der Waals surface area contributed by atoms with E-state index in [-0.39, 0.29) is 5.84 Å². The summed E-state index contributed by atoms with van der Waals surface area (Å²) in [6.45, 7) is 4.27. The molecule has 3 N–H and O–H groups in total. The molecule has 1 fully saturated rings. The van der Waals surface area contributed by atoms with Crippen molar-refractivity contribution in [3.05, 3.63) is 18.1 Å². The number of oxime groups is 1. The fraction of sp³-hybridized carbons (Fsp3) is 0.545. The maximum atomic E-state index is 8.52. The van der Waals surface area contributed by atoms with Crippen LogP contribution in [0.25, 0.3) is 0 Å². The first kappa shape index (κ1) is 11.6. The van der Waals surface area contributed by atoms with Crippen molar-refractivity contribution >= 4 is 11.7 Å². The van der Waals surface area contributed by atoms with Crippen LogP contribution in [0.2, 0.25) is 0 Å². The predicted octanol–water partition coefficient (Wildman–Crippen LogP) is 0.807. The maximum Gasteiger partial charge on any atom is 0.190 e. The molecular formula is C11H17N5O. The average molecular weight is 235 g/mol. The second-order valence-corrected chi connectivity index (χ2v) is 4.25. The smallest absolute Gasteiger partial charge is 0.190 e. The standard InChI is InChI=1S/C11H17N5O/c1-2-8-3-4-16(7-8)10-6-13-9(5-14-10)11(12)15-17/h5-6,8,17H,2-4,7H2,1H3,(H2,12,15). The quantitative estimate of drug-likeness (QED) is 0.350. The first-order valence-corrected chi connectivity index (χ1v) is 5.79. The van der Waals surface area contributed by atoms with E-state index in [0.717, 1.165) is 24.8 Å². The molecule has 0 radical (unpaired) electrons. The molecule has 2 heterocycles. The van der Waals surface area contributed by atoms with Gasteiger partial charge in [-0.1, -0.05) is 18.5 Å². The Morgan fingerprint density at radius 2 is 2.41 bits per heavy atom. The average Bonchev–Trinajstić information content (AvgIpc) is 2.87. The molecule has 1 saturated heterocycles. The number of rotatable bonds is 3. The van der Waals surface area contributed by atoms with E-state index >= 15 is 0 Å². The zero-order valence-corrected chi connectivity index (χ0v) is 9.87. The van der Waals surface area contributed by atoms with E-state index in [1.54, 1.807) is 6.20 Å². The van der Waals surface area contributed by atoms with Crippen molar-refractivity contribution in [3.8, 4) is 0 Å². The molecule has 1 aliphatic heterocycles. The van der Waals surface area contributed by atoms with Gasteiger partial charge in [0.25, 0.3) is 0 Å². The van der Waals surface area contributed by atoms with Gasteiger partial charge in [0, 0.05) is 13.1 Å². The largest absolute Gasteiger partial charge is 0.409 e. The summed E-state index contributed by atoms with van der Waals surface area (Å²) >= 11 is 0. The molecule has 0 amide bonds. The molecule has 1 unspecified atom stereocenters. The Labute approximate surface area is 100 Å². The predicted molar refractivity (Wildman–Crippen MR) is 65.2 cm³/mol. The van der Waals surface area contributed by atoms with Crippen molar-refractivity contribution in [1.29, 1.82) is 0 Å². The Hall–Kier alpha value is -1.85. The minimum Gasteiger partial charge on any atom is -0.409 e. The van der Waals surface area contributed by atoms with Crippen LogP contribution in [-0.2, 0) is 0 Å². The maximum absolute atomic E-state index is 8.52. The van der Waals surface area contributed by atoms with Crippen molar-refractivity contribution in [2.75, 3.05) is 18.0 Å². The first-order chi connectivity index (χ1) is 8.24. The first-order valence-electron chi connectivity index (χ1n) is 5.79. The van der Waals surface area contributed by atoms with Crippen molar-refractivity contribution in [1.82, 2.24) is 9.97 Å². The van der Waals surface area contributed by atoms with Crippen LogP contribution >= 0.6 is 0 Å². The van der Waals surface area contributed by atoms with Crippen LogP contribution in [-0.4, -0.2) is 34.1 Å². The van der Waals surface area contributed by atoms with Crippen LogP contribution in [0.3, 0.4) is 0 Å². The summed E-state index contributed by atoms with van der Waals surface area (Å²) in [4.78, 5) is 10.6. The molecule has 0 spiro atoms. The highest BCUT2D eigenvalue weighted by atomic mass is 16.4. The van der Waals surface area contributed by atoms with Gasteiger partial charge in [-0.25, -0.2) is 9.97 Å². The normalized spacial score (nSPS) is 20.9. The zero-order valence-electron chi connectivity index (χ0n) is 9.87. The lowest BCUT2D eigenvalue weighted by Gasteiger charge is -2.16. The van der Waals surface area contributed by atoms with Crippen LogP contribution in [0, 0.1) is 5.92 Å². The number of amidine groups is 1.